The zero-order valence-corrected chi connectivity index (χ0v) is 23.1. The molecule has 37 heavy (non-hydrogen) atoms. The summed E-state index contributed by atoms with van der Waals surface area (Å²) in [6.45, 7) is 9.62. The minimum atomic E-state index is -1.77. The highest BCUT2D eigenvalue weighted by Gasteiger charge is 2.43. The molecule has 1 unspecified atom stereocenters. The van der Waals surface area contributed by atoms with Gasteiger partial charge in [0.15, 0.2) is 0 Å². The van der Waals surface area contributed by atoms with E-state index in [-0.39, 0.29) is 0 Å². The van der Waals surface area contributed by atoms with E-state index >= 15 is 0 Å². The van der Waals surface area contributed by atoms with Crippen molar-refractivity contribution in [3.63, 3.8) is 0 Å². The Labute approximate surface area is 221 Å². The Morgan fingerprint density at radius 2 is 1.19 bits per heavy atom. The number of hydrogen-bond acceptors (Lipinski definition) is 0. The van der Waals surface area contributed by atoms with Crippen molar-refractivity contribution >= 4 is 30.0 Å². The summed E-state index contributed by atoms with van der Waals surface area (Å²) >= 11 is 0. The molecule has 7 rings (SSSR count). The topological polar surface area (TPSA) is 0 Å². The van der Waals surface area contributed by atoms with Crippen molar-refractivity contribution in [2.24, 2.45) is 5.92 Å². The van der Waals surface area contributed by atoms with Crippen LogP contribution in [0.5, 0.6) is 0 Å². The molecule has 4 aromatic rings. The average molecular weight is 493 g/mol. The van der Waals surface area contributed by atoms with Gasteiger partial charge < -0.3 is 0 Å². The van der Waals surface area contributed by atoms with Gasteiger partial charge in [0.25, 0.3) is 0 Å². The maximum atomic E-state index is 2.64. The molecule has 0 nitrogen and oxygen atoms in total. The van der Waals surface area contributed by atoms with Crippen LogP contribution in [0.2, 0.25) is 13.1 Å². The summed E-state index contributed by atoms with van der Waals surface area (Å²) < 4.78 is 0. The zero-order valence-electron chi connectivity index (χ0n) is 22.1. The first-order valence-electron chi connectivity index (χ1n) is 13.5. The lowest BCUT2D eigenvalue weighted by molar-refractivity contribution is 0.808. The summed E-state index contributed by atoms with van der Waals surface area (Å²) in [6.07, 6.45) is 3.72. The summed E-state index contributed by atoms with van der Waals surface area (Å²) in [6, 6.07) is 36.3. The molecule has 0 aromatic heterocycles. The Bertz CT molecular complexity index is 1790. The van der Waals surface area contributed by atoms with E-state index < -0.39 is 8.07 Å². The van der Waals surface area contributed by atoms with Crippen molar-refractivity contribution in [3.8, 4) is 0 Å². The fourth-order valence-electron chi connectivity index (χ4n) is 7.16. The van der Waals surface area contributed by atoms with Crippen molar-refractivity contribution < 1.29 is 0 Å². The van der Waals surface area contributed by atoms with E-state index in [4.69, 9.17) is 0 Å². The molecule has 0 saturated carbocycles. The van der Waals surface area contributed by atoms with Crippen LogP contribution in [0.25, 0.3) is 16.7 Å². The summed E-state index contributed by atoms with van der Waals surface area (Å²) in [7, 11) is -1.77. The molecule has 0 radical (unpaired) electrons. The molecule has 2 aliphatic carbocycles. The van der Waals surface area contributed by atoms with Gasteiger partial charge in [0.2, 0.25) is 0 Å². The molecule has 180 valence electrons. The average Bonchev–Trinajstić information content (AvgIpc) is 3.14. The third kappa shape index (κ3) is 3.20. The largest absolute Gasteiger partial charge is 0.113 e. The minimum Gasteiger partial charge on any atom is -0.0623 e. The third-order valence-electron chi connectivity index (χ3n) is 8.98. The molecule has 0 spiro atoms. The van der Waals surface area contributed by atoms with Gasteiger partial charge in [0, 0.05) is 5.92 Å². The summed E-state index contributed by atoms with van der Waals surface area (Å²) in [5, 5.41) is 6.00. The van der Waals surface area contributed by atoms with Crippen LogP contribution in [0.3, 0.4) is 0 Å². The van der Waals surface area contributed by atoms with Crippen molar-refractivity contribution in [2.45, 2.75) is 33.4 Å². The van der Waals surface area contributed by atoms with Gasteiger partial charge in [0.1, 0.15) is 8.07 Å². The van der Waals surface area contributed by atoms with Gasteiger partial charge in [-0.2, -0.15) is 0 Å². The van der Waals surface area contributed by atoms with Crippen LogP contribution in [-0.4, -0.2) is 8.07 Å². The molecule has 0 fully saturated rings. The van der Waals surface area contributed by atoms with Crippen LogP contribution >= 0.6 is 0 Å². The van der Waals surface area contributed by atoms with Gasteiger partial charge >= 0.3 is 0 Å². The Balaban J connectivity index is 1.63. The second-order valence-corrected chi connectivity index (χ2v) is 15.7. The van der Waals surface area contributed by atoms with E-state index in [2.05, 4.69) is 130 Å². The molecule has 0 bridgehead atoms. The van der Waals surface area contributed by atoms with Gasteiger partial charge in [0.05, 0.1) is 0 Å². The normalized spacial score (nSPS) is 19.1. The van der Waals surface area contributed by atoms with Crippen LogP contribution in [0, 0.1) is 19.8 Å². The molecular weight excluding hydrogens is 460 g/mol. The van der Waals surface area contributed by atoms with Crippen LogP contribution in [0.1, 0.15) is 34.2 Å². The Hall–Kier alpha value is -3.68. The molecule has 1 heteroatoms. The van der Waals surface area contributed by atoms with Gasteiger partial charge in [-0.15, -0.1) is 0 Å². The van der Waals surface area contributed by atoms with Crippen molar-refractivity contribution in [1.82, 2.24) is 0 Å². The smallest absolute Gasteiger partial charge is 0.0623 e. The SMILES string of the molecule is Cc1ccccc1C1=c2ccccc2=C(c2ccccc2C)C2CC3=C(C=C12)[Si](C)(C)c1ccccc13. The molecule has 0 amide bonds. The first-order chi connectivity index (χ1) is 18.0. The predicted octanol–water partition coefficient (Wildman–Crippen LogP) is 6.58. The van der Waals surface area contributed by atoms with Gasteiger partial charge in [-0.3, -0.25) is 0 Å². The third-order valence-corrected chi connectivity index (χ3v) is 12.6. The van der Waals surface area contributed by atoms with Crippen LogP contribution in [0.15, 0.2) is 114 Å². The number of allylic oxidation sites excluding steroid dienone is 4. The lowest BCUT2D eigenvalue weighted by Gasteiger charge is -2.36. The Morgan fingerprint density at radius 3 is 1.89 bits per heavy atom. The Morgan fingerprint density at radius 1 is 0.622 bits per heavy atom. The maximum absolute atomic E-state index is 2.64. The van der Waals surface area contributed by atoms with E-state index in [1.165, 1.54) is 55.0 Å². The molecule has 1 atom stereocenters. The van der Waals surface area contributed by atoms with Gasteiger partial charge in [-0.05, 0) is 86.0 Å². The minimum absolute atomic E-state index is 0.334. The number of aryl methyl sites for hydroxylation is 2. The fraction of sp³-hybridized carbons (Fsp3) is 0.167. The Kier molecular flexibility index (Phi) is 4.97. The molecule has 1 heterocycles. The molecule has 0 saturated heterocycles. The highest BCUT2D eigenvalue weighted by Crippen LogP contribution is 2.50. The number of hydrogen-bond donors (Lipinski definition) is 0. The second-order valence-electron chi connectivity index (χ2n) is 11.4. The number of rotatable bonds is 2. The van der Waals surface area contributed by atoms with Crippen molar-refractivity contribution in [1.29, 1.82) is 0 Å². The fourth-order valence-corrected chi connectivity index (χ4v) is 10.4. The van der Waals surface area contributed by atoms with Crippen LogP contribution < -0.4 is 15.6 Å². The van der Waals surface area contributed by atoms with Crippen molar-refractivity contribution in [2.75, 3.05) is 0 Å². The van der Waals surface area contributed by atoms with Crippen LogP contribution in [-0.2, 0) is 0 Å². The summed E-state index contributed by atoms with van der Waals surface area (Å²) in [5.74, 6) is 0.334. The van der Waals surface area contributed by atoms with E-state index in [0.717, 1.165) is 6.42 Å². The van der Waals surface area contributed by atoms with E-state index in [9.17, 15) is 0 Å². The van der Waals surface area contributed by atoms with Gasteiger partial charge in [-0.1, -0.05) is 121 Å². The monoisotopic (exact) mass is 492 g/mol. The van der Waals surface area contributed by atoms with E-state index in [1.54, 1.807) is 16.0 Å². The van der Waals surface area contributed by atoms with Crippen LogP contribution in [0.4, 0.5) is 0 Å². The highest BCUT2D eigenvalue weighted by molar-refractivity contribution is 6.99. The molecule has 0 N–H and O–H groups in total. The second kappa shape index (κ2) is 8.16. The summed E-state index contributed by atoms with van der Waals surface area (Å²) in [4.78, 5) is 0. The first kappa shape index (κ1) is 22.5. The van der Waals surface area contributed by atoms with Gasteiger partial charge in [-0.25, -0.2) is 0 Å². The molecule has 1 aliphatic heterocycles. The van der Waals surface area contributed by atoms with E-state index in [1.807, 2.05) is 0 Å². The molecule has 3 aliphatic rings. The predicted molar refractivity (Wildman–Crippen MR) is 160 cm³/mol. The standard InChI is InChI=1S/C36H32Si/c1-23-13-5-7-15-25(23)35-28-18-9-10-19-29(28)36(26-16-8-6-14-24(26)2)32-22-34-30(21-31(32)35)27-17-11-12-20-33(27)37(34,3)4/h5-20,22,31H,21H2,1-4H3. The zero-order chi connectivity index (χ0) is 25.3. The molecule has 4 aromatic carbocycles. The van der Waals surface area contributed by atoms with E-state index in [0.29, 0.717) is 5.92 Å². The van der Waals surface area contributed by atoms with Crippen molar-refractivity contribution in [3.05, 3.63) is 152 Å². The lowest BCUT2D eigenvalue weighted by atomic mass is 9.69. The number of benzene rings is 4. The summed E-state index contributed by atoms with van der Waals surface area (Å²) in [5.41, 5.74) is 13.0. The lowest BCUT2D eigenvalue weighted by Crippen LogP contribution is -2.42. The maximum Gasteiger partial charge on any atom is 0.113 e. The highest BCUT2D eigenvalue weighted by atomic mass is 28.3. The quantitative estimate of drug-likeness (QED) is 0.277. The number of fused-ring (bicyclic) bond motifs is 4. The molecular formula is C36H32Si. The first-order valence-corrected chi connectivity index (χ1v) is 16.5.